The van der Waals surface area contributed by atoms with E-state index in [1.807, 2.05) is 60.4 Å². The van der Waals surface area contributed by atoms with Crippen LogP contribution in [0.25, 0.3) is 0 Å². The topological polar surface area (TPSA) is 49.6 Å². The number of halogens is 1. The van der Waals surface area contributed by atoms with Crippen molar-refractivity contribution >= 4 is 40.5 Å². The fraction of sp³-hybridized carbons (Fsp3) is 0.227. The molecule has 2 heterocycles. The quantitative estimate of drug-likeness (QED) is 0.538. The van der Waals surface area contributed by atoms with E-state index in [9.17, 15) is 4.79 Å². The molecule has 0 N–H and O–H groups in total. The first-order valence-corrected chi connectivity index (χ1v) is 10.2. The van der Waals surface area contributed by atoms with Crippen LogP contribution in [0.3, 0.4) is 0 Å². The normalized spacial score (nSPS) is 16.7. The molecule has 4 rings (SSSR count). The Morgan fingerprint density at radius 3 is 2.62 bits per heavy atom. The number of hydrogen-bond acceptors (Lipinski definition) is 4. The number of hydrogen-bond donors (Lipinski definition) is 0. The Bertz CT molecular complexity index is 1040. The van der Waals surface area contributed by atoms with E-state index in [1.54, 1.807) is 17.0 Å². The standard InChI is InChI=1S/C22H20ClN3O2S/c1-2-17-12-19(28-24-17)13-20-21(27)26(18-10-6-9-16(23)11-18)22(29)25(20)14-15-7-4-3-5-8-15/h3-12,20H,2,13-14H2,1H3. The maximum atomic E-state index is 13.4. The number of nitrogens with zero attached hydrogens (tertiary/aromatic N) is 3. The van der Waals surface area contributed by atoms with Gasteiger partial charge in [-0.25, -0.2) is 0 Å². The van der Waals surface area contributed by atoms with E-state index >= 15 is 0 Å². The molecule has 29 heavy (non-hydrogen) atoms. The molecule has 0 spiro atoms. The SMILES string of the molecule is CCc1cc(CC2C(=O)N(c3cccc(Cl)c3)C(=S)N2Cc2ccccc2)on1. The minimum atomic E-state index is -0.473. The summed E-state index contributed by atoms with van der Waals surface area (Å²) in [4.78, 5) is 16.9. The summed E-state index contributed by atoms with van der Waals surface area (Å²) in [7, 11) is 0. The van der Waals surface area contributed by atoms with Crippen molar-refractivity contribution in [2.45, 2.75) is 32.4 Å². The Hall–Kier alpha value is -2.70. The lowest BCUT2D eigenvalue weighted by Gasteiger charge is -2.23. The van der Waals surface area contributed by atoms with Crippen LogP contribution in [0.5, 0.6) is 0 Å². The van der Waals surface area contributed by atoms with Crippen LogP contribution in [-0.4, -0.2) is 27.1 Å². The minimum absolute atomic E-state index is 0.0948. The molecule has 2 aromatic carbocycles. The van der Waals surface area contributed by atoms with Gasteiger partial charge in [-0.05, 0) is 42.4 Å². The summed E-state index contributed by atoms with van der Waals surface area (Å²) in [5.74, 6) is 0.580. The molecule has 3 aromatic rings. The number of benzene rings is 2. The van der Waals surface area contributed by atoms with Gasteiger partial charge in [-0.3, -0.25) is 9.69 Å². The van der Waals surface area contributed by atoms with Crippen LogP contribution in [0.15, 0.2) is 65.2 Å². The maximum absolute atomic E-state index is 13.4. The lowest BCUT2D eigenvalue weighted by atomic mass is 10.1. The van der Waals surface area contributed by atoms with Gasteiger partial charge in [0.2, 0.25) is 0 Å². The molecule has 0 saturated carbocycles. The number of amides is 1. The average Bonchev–Trinajstić information content (AvgIpc) is 3.27. The van der Waals surface area contributed by atoms with Crippen LogP contribution >= 0.6 is 23.8 Å². The van der Waals surface area contributed by atoms with Crippen LogP contribution in [0.2, 0.25) is 5.02 Å². The third-order valence-corrected chi connectivity index (χ3v) is 5.60. The number of aryl methyl sites for hydroxylation is 1. The second kappa shape index (κ2) is 8.35. The molecule has 1 unspecified atom stereocenters. The fourth-order valence-corrected chi connectivity index (χ4v) is 4.03. The molecule has 7 heteroatoms. The molecule has 1 amide bonds. The van der Waals surface area contributed by atoms with Crippen molar-refractivity contribution in [1.82, 2.24) is 10.1 Å². The minimum Gasteiger partial charge on any atom is -0.361 e. The van der Waals surface area contributed by atoms with E-state index in [0.29, 0.717) is 34.5 Å². The first-order chi connectivity index (χ1) is 14.1. The van der Waals surface area contributed by atoms with Crippen LogP contribution in [0.4, 0.5) is 5.69 Å². The fourth-order valence-electron chi connectivity index (χ4n) is 3.46. The summed E-state index contributed by atoms with van der Waals surface area (Å²) in [5.41, 5.74) is 2.61. The van der Waals surface area contributed by atoms with Gasteiger partial charge in [0.25, 0.3) is 5.91 Å². The third-order valence-electron chi connectivity index (χ3n) is 4.95. The van der Waals surface area contributed by atoms with E-state index in [1.165, 1.54) is 0 Å². The van der Waals surface area contributed by atoms with E-state index in [0.717, 1.165) is 17.7 Å². The number of carbonyl (C=O) groups is 1. The van der Waals surface area contributed by atoms with Crippen LogP contribution in [-0.2, 0) is 24.2 Å². The first-order valence-electron chi connectivity index (χ1n) is 9.45. The molecular formula is C22H20ClN3O2S. The van der Waals surface area contributed by atoms with Crippen molar-refractivity contribution in [3.05, 3.63) is 82.7 Å². The van der Waals surface area contributed by atoms with Crippen LogP contribution in [0, 0.1) is 0 Å². The highest BCUT2D eigenvalue weighted by atomic mass is 35.5. The molecule has 1 saturated heterocycles. The van der Waals surface area contributed by atoms with E-state index in [4.69, 9.17) is 28.3 Å². The molecule has 1 aliphatic rings. The predicted octanol–water partition coefficient (Wildman–Crippen LogP) is 4.64. The Balaban J connectivity index is 1.68. The maximum Gasteiger partial charge on any atom is 0.256 e. The second-order valence-electron chi connectivity index (χ2n) is 6.91. The van der Waals surface area contributed by atoms with Crippen LogP contribution in [0.1, 0.15) is 23.9 Å². The van der Waals surface area contributed by atoms with Gasteiger partial charge in [0, 0.05) is 24.1 Å². The van der Waals surface area contributed by atoms with Gasteiger partial charge < -0.3 is 9.42 Å². The average molecular weight is 426 g/mol. The summed E-state index contributed by atoms with van der Waals surface area (Å²) >= 11 is 11.9. The van der Waals surface area contributed by atoms with Gasteiger partial charge in [-0.15, -0.1) is 0 Å². The number of carbonyl (C=O) groups excluding carboxylic acids is 1. The highest BCUT2D eigenvalue weighted by molar-refractivity contribution is 7.80. The van der Waals surface area contributed by atoms with Crippen molar-refractivity contribution in [1.29, 1.82) is 0 Å². The van der Waals surface area contributed by atoms with Gasteiger partial charge in [0.1, 0.15) is 11.8 Å². The van der Waals surface area contributed by atoms with Gasteiger partial charge in [-0.1, -0.05) is 60.1 Å². The molecule has 1 atom stereocenters. The molecular weight excluding hydrogens is 406 g/mol. The zero-order valence-corrected chi connectivity index (χ0v) is 17.5. The Kier molecular flexibility index (Phi) is 5.65. The van der Waals surface area contributed by atoms with E-state index in [-0.39, 0.29) is 5.91 Å². The zero-order chi connectivity index (χ0) is 20.4. The lowest BCUT2D eigenvalue weighted by Crippen LogP contribution is -2.36. The number of rotatable bonds is 6. The summed E-state index contributed by atoms with van der Waals surface area (Å²) in [6.07, 6.45) is 1.18. The molecule has 1 aliphatic heterocycles. The summed E-state index contributed by atoms with van der Waals surface area (Å²) < 4.78 is 5.45. The zero-order valence-electron chi connectivity index (χ0n) is 15.9. The summed E-state index contributed by atoms with van der Waals surface area (Å²) in [6, 6.07) is 18.6. The summed E-state index contributed by atoms with van der Waals surface area (Å²) in [5, 5.41) is 5.06. The highest BCUT2D eigenvalue weighted by Gasteiger charge is 2.43. The molecule has 1 fully saturated rings. The van der Waals surface area contributed by atoms with Crippen molar-refractivity contribution in [3.63, 3.8) is 0 Å². The predicted molar refractivity (Wildman–Crippen MR) is 117 cm³/mol. The Morgan fingerprint density at radius 2 is 1.93 bits per heavy atom. The van der Waals surface area contributed by atoms with Crippen molar-refractivity contribution in [3.8, 4) is 0 Å². The van der Waals surface area contributed by atoms with E-state index in [2.05, 4.69) is 5.16 Å². The Labute approximate surface area is 179 Å². The number of thiocarbonyl (C=S) groups is 1. The largest absolute Gasteiger partial charge is 0.361 e. The highest BCUT2D eigenvalue weighted by Crippen LogP contribution is 2.30. The summed E-state index contributed by atoms with van der Waals surface area (Å²) in [6.45, 7) is 2.54. The molecule has 1 aromatic heterocycles. The molecule has 0 bridgehead atoms. The second-order valence-corrected chi connectivity index (χ2v) is 7.71. The van der Waals surface area contributed by atoms with Crippen molar-refractivity contribution in [2.24, 2.45) is 0 Å². The van der Waals surface area contributed by atoms with Crippen LogP contribution < -0.4 is 4.90 Å². The lowest BCUT2D eigenvalue weighted by molar-refractivity contribution is -0.119. The van der Waals surface area contributed by atoms with Gasteiger partial charge in [0.05, 0.1) is 11.4 Å². The Morgan fingerprint density at radius 1 is 1.14 bits per heavy atom. The molecule has 0 radical (unpaired) electrons. The van der Waals surface area contributed by atoms with Gasteiger partial charge in [0.15, 0.2) is 5.11 Å². The van der Waals surface area contributed by atoms with E-state index < -0.39 is 6.04 Å². The van der Waals surface area contributed by atoms with Gasteiger partial charge in [-0.2, -0.15) is 0 Å². The molecule has 5 nitrogen and oxygen atoms in total. The number of anilines is 1. The molecule has 0 aliphatic carbocycles. The van der Waals surface area contributed by atoms with Crippen molar-refractivity contribution < 1.29 is 9.32 Å². The molecule has 148 valence electrons. The monoisotopic (exact) mass is 425 g/mol. The smallest absolute Gasteiger partial charge is 0.256 e. The third kappa shape index (κ3) is 4.04. The number of aromatic nitrogens is 1. The van der Waals surface area contributed by atoms with Crippen molar-refractivity contribution in [2.75, 3.05) is 4.90 Å². The van der Waals surface area contributed by atoms with Gasteiger partial charge >= 0.3 is 0 Å². The first kappa shape index (κ1) is 19.6.